The summed E-state index contributed by atoms with van der Waals surface area (Å²) in [6.45, 7) is 9.08. The number of nitrogens with zero attached hydrogens (tertiary/aromatic N) is 1. The molecule has 24 heavy (non-hydrogen) atoms. The maximum Gasteiger partial charge on any atom is 0.0625 e. The minimum Gasteiger partial charge on any atom is -0.261 e. The molecule has 0 fully saturated rings. The van der Waals surface area contributed by atoms with Crippen LogP contribution in [0.3, 0.4) is 0 Å². The number of hydrogen-bond acceptors (Lipinski definition) is 1. The second-order valence-corrected chi connectivity index (χ2v) is 6.58. The molecule has 2 aromatic rings. The fraction of sp³-hybridized carbons (Fsp3) is 0.261. The maximum atomic E-state index is 4.59. The zero-order valence-electron chi connectivity index (χ0n) is 15.0. The van der Waals surface area contributed by atoms with Gasteiger partial charge in [0.15, 0.2) is 0 Å². The first-order chi connectivity index (χ1) is 11.6. The third-order valence-electron chi connectivity index (χ3n) is 5.26. The SMILES string of the molecule is CC1=C(C)C(C)C(c2ccccc2CC=Nc2ccccc2)=C1C. The molecule has 0 saturated heterocycles. The van der Waals surface area contributed by atoms with Crippen LogP contribution in [0.2, 0.25) is 0 Å². The van der Waals surface area contributed by atoms with Gasteiger partial charge in [-0.3, -0.25) is 4.99 Å². The normalized spacial score (nSPS) is 18.1. The minimum atomic E-state index is 0.497. The molecule has 1 unspecified atom stereocenters. The van der Waals surface area contributed by atoms with Gasteiger partial charge in [-0.15, -0.1) is 0 Å². The molecule has 1 heteroatoms. The lowest BCUT2D eigenvalue weighted by molar-refractivity contribution is 0.893. The Kier molecular flexibility index (Phi) is 4.80. The summed E-state index contributed by atoms with van der Waals surface area (Å²) in [5.74, 6) is 0.497. The molecule has 1 atom stereocenters. The first kappa shape index (κ1) is 16.4. The van der Waals surface area contributed by atoms with E-state index in [0.717, 1.165) is 12.1 Å². The average molecular weight is 315 g/mol. The van der Waals surface area contributed by atoms with Crippen molar-refractivity contribution in [2.75, 3.05) is 0 Å². The lowest BCUT2D eigenvalue weighted by atomic mass is 9.88. The molecule has 0 radical (unpaired) electrons. The van der Waals surface area contributed by atoms with Crippen LogP contribution >= 0.6 is 0 Å². The van der Waals surface area contributed by atoms with Crippen molar-refractivity contribution in [3.8, 4) is 0 Å². The molecule has 1 aliphatic rings. The summed E-state index contributed by atoms with van der Waals surface area (Å²) in [4.78, 5) is 4.59. The summed E-state index contributed by atoms with van der Waals surface area (Å²) in [7, 11) is 0. The van der Waals surface area contributed by atoms with E-state index < -0.39 is 0 Å². The number of para-hydroxylation sites is 1. The molecule has 0 N–H and O–H groups in total. The highest BCUT2D eigenvalue weighted by molar-refractivity contribution is 5.82. The van der Waals surface area contributed by atoms with E-state index in [-0.39, 0.29) is 0 Å². The van der Waals surface area contributed by atoms with E-state index in [1.807, 2.05) is 36.5 Å². The fourth-order valence-corrected chi connectivity index (χ4v) is 3.52. The highest BCUT2D eigenvalue weighted by Crippen LogP contribution is 2.43. The Morgan fingerprint density at radius 3 is 2.21 bits per heavy atom. The number of benzene rings is 2. The van der Waals surface area contributed by atoms with E-state index >= 15 is 0 Å². The lowest BCUT2D eigenvalue weighted by Crippen LogP contribution is -2.01. The van der Waals surface area contributed by atoms with Crippen LogP contribution in [0.5, 0.6) is 0 Å². The van der Waals surface area contributed by atoms with Crippen molar-refractivity contribution in [1.82, 2.24) is 0 Å². The summed E-state index contributed by atoms with van der Waals surface area (Å²) in [6, 6.07) is 18.9. The standard InChI is InChI=1S/C23H25N/c1-16-17(2)19(4)23(18(16)3)22-13-9-8-10-20(22)14-15-24-21-11-6-5-7-12-21/h5-13,15,18H,14H2,1-4H3. The van der Waals surface area contributed by atoms with Gasteiger partial charge in [0.25, 0.3) is 0 Å². The van der Waals surface area contributed by atoms with Gasteiger partial charge < -0.3 is 0 Å². The molecule has 2 aromatic carbocycles. The molecule has 0 amide bonds. The molecule has 0 heterocycles. The first-order valence-corrected chi connectivity index (χ1v) is 8.64. The molecule has 0 bridgehead atoms. The van der Waals surface area contributed by atoms with Crippen molar-refractivity contribution in [3.05, 3.63) is 82.4 Å². The molecule has 122 valence electrons. The van der Waals surface area contributed by atoms with E-state index in [0.29, 0.717) is 5.92 Å². The third-order valence-corrected chi connectivity index (χ3v) is 5.26. The molecule has 3 rings (SSSR count). The first-order valence-electron chi connectivity index (χ1n) is 8.64. The summed E-state index contributed by atoms with van der Waals surface area (Å²) in [5.41, 5.74) is 9.59. The van der Waals surface area contributed by atoms with Crippen LogP contribution in [-0.4, -0.2) is 6.21 Å². The lowest BCUT2D eigenvalue weighted by Gasteiger charge is -2.16. The maximum absolute atomic E-state index is 4.59. The minimum absolute atomic E-state index is 0.497. The largest absolute Gasteiger partial charge is 0.261 e. The Bertz CT molecular complexity index is 822. The van der Waals surface area contributed by atoms with Crippen molar-refractivity contribution in [3.63, 3.8) is 0 Å². The van der Waals surface area contributed by atoms with Gasteiger partial charge >= 0.3 is 0 Å². The number of allylic oxidation sites excluding steroid dienone is 4. The van der Waals surface area contributed by atoms with Gasteiger partial charge in [-0.1, -0.05) is 55.0 Å². The highest BCUT2D eigenvalue weighted by atomic mass is 14.7. The highest BCUT2D eigenvalue weighted by Gasteiger charge is 2.25. The van der Waals surface area contributed by atoms with Crippen LogP contribution in [0.25, 0.3) is 5.57 Å². The van der Waals surface area contributed by atoms with Crippen LogP contribution in [0.1, 0.15) is 38.8 Å². The van der Waals surface area contributed by atoms with Crippen LogP contribution in [0.15, 0.2) is 76.3 Å². The Labute approximate surface area is 145 Å². The van der Waals surface area contributed by atoms with E-state index in [1.165, 1.54) is 33.4 Å². The fourth-order valence-electron chi connectivity index (χ4n) is 3.52. The van der Waals surface area contributed by atoms with Gasteiger partial charge in [0, 0.05) is 18.6 Å². The van der Waals surface area contributed by atoms with Crippen LogP contribution in [0.4, 0.5) is 5.69 Å². The van der Waals surface area contributed by atoms with E-state index in [9.17, 15) is 0 Å². The smallest absolute Gasteiger partial charge is 0.0625 e. The van der Waals surface area contributed by atoms with Crippen LogP contribution < -0.4 is 0 Å². The molecule has 1 aliphatic carbocycles. The van der Waals surface area contributed by atoms with Crippen molar-refractivity contribution in [2.24, 2.45) is 10.9 Å². The second kappa shape index (κ2) is 7.00. The van der Waals surface area contributed by atoms with Gasteiger partial charge in [0.05, 0.1) is 5.69 Å². The summed E-state index contributed by atoms with van der Waals surface area (Å²) in [5, 5.41) is 0. The Morgan fingerprint density at radius 1 is 0.875 bits per heavy atom. The summed E-state index contributed by atoms with van der Waals surface area (Å²) >= 11 is 0. The predicted octanol–water partition coefficient (Wildman–Crippen LogP) is 6.39. The zero-order valence-corrected chi connectivity index (χ0v) is 15.0. The zero-order chi connectivity index (χ0) is 17.1. The van der Waals surface area contributed by atoms with Gasteiger partial charge in [-0.2, -0.15) is 0 Å². The summed E-state index contributed by atoms with van der Waals surface area (Å²) in [6.07, 6.45) is 2.88. The predicted molar refractivity (Wildman–Crippen MR) is 105 cm³/mol. The Hall–Kier alpha value is -2.41. The molecule has 0 aliphatic heterocycles. The molecule has 1 nitrogen and oxygen atoms in total. The van der Waals surface area contributed by atoms with Crippen molar-refractivity contribution >= 4 is 17.5 Å². The molecular formula is C23H25N. The van der Waals surface area contributed by atoms with Crippen molar-refractivity contribution < 1.29 is 0 Å². The van der Waals surface area contributed by atoms with E-state index in [4.69, 9.17) is 0 Å². The average Bonchev–Trinajstić information content (AvgIpc) is 2.80. The van der Waals surface area contributed by atoms with Crippen LogP contribution in [-0.2, 0) is 6.42 Å². The van der Waals surface area contributed by atoms with Crippen molar-refractivity contribution in [2.45, 2.75) is 34.1 Å². The summed E-state index contributed by atoms with van der Waals surface area (Å²) < 4.78 is 0. The topological polar surface area (TPSA) is 12.4 Å². The molecule has 0 saturated carbocycles. The number of rotatable bonds is 4. The van der Waals surface area contributed by atoms with Crippen molar-refractivity contribution in [1.29, 1.82) is 0 Å². The quantitative estimate of drug-likeness (QED) is 0.580. The number of aliphatic imine (C=N–C) groups is 1. The Balaban J connectivity index is 1.89. The monoisotopic (exact) mass is 315 g/mol. The van der Waals surface area contributed by atoms with E-state index in [1.54, 1.807) is 0 Å². The Morgan fingerprint density at radius 2 is 1.54 bits per heavy atom. The molecule has 0 aromatic heterocycles. The molecular weight excluding hydrogens is 290 g/mol. The van der Waals surface area contributed by atoms with E-state index in [2.05, 4.69) is 57.0 Å². The van der Waals surface area contributed by atoms with Gasteiger partial charge in [-0.05, 0) is 60.8 Å². The van der Waals surface area contributed by atoms with Gasteiger partial charge in [-0.25, -0.2) is 0 Å². The number of hydrogen-bond donors (Lipinski definition) is 0. The van der Waals surface area contributed by atoms with Gasteiger partial charge in [0.1, 0.15) is 0 Å². The third kappa shape index (κ3) is 3.12. The molecule has 0 spiro atoms. The second-order valence-electron chi connectivity index (χ2n) is 6.58. The van der Waals surface area contributed by atoms with Crippen LogP contribution in [0, 0.1) is 5.92 Å². The van der Waals surface area contributed by atoms with Gasteiger partial charge in [0.2, 0.25) is 0 Å².